The Hall–Kier alpha value is -2.86. The number of para-hydroxylation sites is 1. The number of anilines is 2. The van der Waals surface area contributed by atoms with Gasteiger partial charge < -0.3 is 20.9 Å². The molecule has 0 saturated carbocycles. The Kier molecular flexibility index (Phi) is 4.58. The van der Waals surface area contributed by atoms with E-state index in [2.05, 4.69) is 16.0 Å². The molecule has 2 atom stereocenters. The molecule has 2 aromatic carbocycles. The molecule has 2 fully saturated rings. The van der Waals surface area contributed by atoms with E-state index in [4.69, 9.17) is 0 Å². The van der Waals surface area contributed by atoms with E-state index in [0.717, 1.165) is 31.9 Å². The van der Waals surface area contributed by atoms with E-state index in [-0.39, 0.29) is 11.9 Å². The first kappa shape index (κ1) is 16.6. The maximum Gasteiger partial charge on any atom is 0.323 e. The lowest BCUT2D eigenvalue weighted by Gasteiger charge is -2.17. The lowest BCUT2D eigenvalue weighted by molar-refractivity contribution is 0.0781. The Bertz CT molecular complexity index is 779. The summed E-state index contributed by atoms with van der Waals surface area (Å²) in [5, 5.41) is 8.92. The van der Waals surface area contributed by atoms with Gasteiger partial charge in [-0.05, 0) is 48.2 Å². The molecule has 4 rings (SSSR count). The predicted octanol–water partition coefficient (Wildman–Crippen LogP) is 2.62. The minimum absolute atomic E-state index is 0.0692. The number of carbonyl (C=O) groups excluding carboxylic acids is 2. The summed E-state index contributed by atoms with van der Waals surface area (Å²) in [4.78, 5) is 26.6. The molecule has 0 spiro atoms. The van der Waals surface area contributed by atoms with Gasteiger partial charge in [-0.2, -0.15) is 0 Å². The highest BCUT2D eigenvalue weighted by Gasteiger charge is 2.38. The van der Waals surface area contributed by atoms with E-state index >= 15 is 0 Å². The van der Waals surface area contributed by atoms with Gasteiger partial charge in [0.25, 0.3) is 5.91 Å². The van der Waals surface area contributed by atoms with Crippen molar-refractivity contribution in [3.05, 3.63) is 60.2 Å². The van der Waals surface area contributed by atoms with Gasteiger partial charge in [0.1, 0.15) is 0 Å². The van der Waals surface area contributed by atoms with Crippen molar-refractivity contribution in [1.82, 2.24) is 10.2 Å². The van der Waals surface area contributed by atoms with Gasteiger partial charge in [-0.3, -0.25) is 4.79 Å². The molecule has 134 valence electrons. The highest BCUT2D eigenvalue weighted by Crippen LogP contribution is 2.27. The number of rotatable bonds is 3. The molecule has 2 aromatic rings. The first-order valence-corrected chi connectivity index (χ1v) is 8.92. The molecule has 2 aliphatic heterocycles. The highest BCUT2D eigenvalue weighted by atomic mass is 16.2. The minimum Gasteiger partial charge on any atom is -0.338 e. The normalized spacial score (nSPS) is 21.3. The Labute approximate surface area is 152 Å². The van der Waals surface area contributed by atoms with Gasteiger partial charge in [0.15, 0.2) is 0 Å². The number of hydrogen-bond donors (Lipinski definition) is 3. The Morgan fingerprint density at radius 2 is 1.42 bits per heavy atom. The SMILES string of the molecule is O=C(Nc1ccccc1)Nc1ccc(C(=O)N2C[C@H]3CNC[C@H]3C2)cc1. The molecular formula is C20H22N4O2. The van der Waals surface area contributed by atoms with Crippen LogP contribution in [0.4, 0.5) is 16.2 Å². The summed E-state index contributed by atoms with van der Waals surface area (Å²) < 4.78 is 0. The van der Waals surface area contributed by atoms with E-state index in [1.54, 1.807) is 24.3 Å². The van der Waals surface area contributed by atoms with Crippen molar-refractivity contribution in [2.75, 3.05) is 36.8 Å². The zero-order valence-electron chi connectivity index (χ0n) is 14.4. The molecule has 2 aliphatic rings. The molecule has 0 radical (unpaired) electrons. The molecule has 0 unspecified atom stereocenters. The van der Waals surface area contributed by atoms with Gasteiger partial charge in [0, 0.05) is 43.1 Å². The summed E-state index contributed by atoms with van der Waals surface area (Å²) in [6.45, 7) is 3.67. The first-order chi connectivity index (χ1) is 12.7. The molecule has 26 heavy (non-hydrogen) atoms. The van der Waals surface area contributed by atoms with E-state index in [1.165, 1.54) is 0 Å². The van der Waals surface area contributed by atoms with E-state index in [0.29, 0.717) is 23.1 Å². The molecule has 0 aliphatic carbocycles. The Balaban J connectivity index is 1.34. The zero-order valence-corrected chi connectivity index (χ0v) is 14.4. The fourth-order valence-corrected chi connectivity index (χ4v) is 3.71. The summed E-state index contributed by atoms with van der Waals surface area (Å²) in [7, 11) is 0. The maximum absolute atomic E-state index is 12.7. The molecule has 2 heterocycles. The maximum atomic E-state index is 12.7. The smallest absolute Gasteiger partial charge is 0.323 e. The summed E-state index contributed by atoms with van der Waals surface area (Å²) in [6.07, 6.45) is 0. The minimum atomic E-state index is -0.310. The van der Waals surface area contributed by atoms with Crippen LogP contribution in [0.25, 0.3) is 0 Å². The third-order valence-corrected chi connectivity index (χ3v) is 5.10. The van der Waals surface area contributed by atoms with E-state index in [1.807, 2.05) is 35.2 Å². The third-order valence-electron chi connectivity index (χ3n) is 5.10. The van der Waals surface area contributed by atoms with Crippen molar-refractivity contribution in [3.63, 3.8) is 0 Å². The number of amides is 3. The van der Waals surface area contributed by atoms with Crippen LogP contribution in [0.5, 0.6) is 0 Å². The second kappa shape index (κ2) is 7.17. The molecule has 0 bridgehead atoms. The number of fused-ring (bicyclic) bond motifs is 1. The molecule has 3 N–H and O–H groups in total. The van der Waals surface area contributed by atoms with Crippen molar-refractivity contribution in [2.45, 2.75) is 0 Å². The number of nitrogens with zero attached hydrogens (tertiary/aromatic N) is 1. The van der Waals surface area contributed by atoms with Crippen LogP contribution in [0.1, 0.15) is 10.4 Å². The van der Waals surface area contributed by atoms with Crippen molar-refractivity contribution >= 4 is 23.3 Å². The molecule has 6 heteroatoms. The van der Waals surface area contributed by atoms with Crippen molar-refractivity contribution < 1.29 is 9.59 Å². The Morgan fingerprint density at radius 3 is 2.04 bits per heavy atom. The lowest BCUT2D eigenvalue weighted by Crippen LogP contribution is -2.31. The van der Waals surface area contributed by atoms with E-state index in [9.17, 15) is 9.59 Å². The fraction of sp³-hybridized carbons (Fsp3) is 0.300. The number of likely N-dealkylation sites (tertiary alicyclic amines) is 1. The monoisotopic (exact) mass is 350 g/mol. The molecule has 2 saturated heterocycles. The quantitative estimate of drug-likeness (QED) is 0.797. The van der Waals surface area contributed by atoms with Gasteiger partial charge in [0.2, 0.25) is 0 Å². The number of benzene rings is 2. The van der Waals surface area contributed by atoms with Crippen LogP contribution < -0.4 is 16.0 Å². The van der Waals surface area contributed by atoms with Gasteiger partial charge >= 0.3 is 6.03 Å². The Morgan fingerprint density at radius 1 is 0.846 bits per heavy atom. The standard InChI is InChI=1S/C20H22N4O2/c25-19(24-12-15-10-21-11-16(15)13-24)14-6-8-18(9-7-14)23-20(26)22-17-4-2-1-3-5-17/h1-9,15-16,21H,10-13H2,(H2,22,23,26)/t15-,16+. The second-order valence-corrected chi connectivity index (χ2v) is 6.91. The average molecular weight is 350 g/mol. The van der Waals surface area contributed by atoms with Crippen LogP contribution in [0.2, 0.25) is 0 Å². The second-order valence-electron chi connectivity index (χ2n) is 6.91. The fourth-order valence-electron chi connectivity index (χ4n) is 3.71. The lowest BCUT2D eigenvalue weighted by atomic mass is 10.0. The number of hydrogen-bond acceptors (Lipinski definition) is 3. The van der Waals surface area contributed by atoms with Gasteiger partial charge in [-0.25, -0.2) is 4.79 Å². The third kappa shape index (κ3) is 3.55. The van der Waals surface area contributed by atoms with Crippen LogP contribution in [0.15, 0.2) is 54.6 Å². The topological polar surface area (TPSA) is 73.5 Å². The van der Waals surface area contributed by atoms with Crippen molar-refractivity contribution in [2.24, 2.45) is 11.8 Å². The van der Waals surface area contributed by atoms with Crippen molar-refractivity contribution in [1.29, 1.82) is 0 Å². The van der Waals surface area contributed by atoms with Crippen molar-refractivity contribution in [3.8, 4) is 0 Å². The van der Waals surface area contributed by atoms with Gasteiger partial charge in [0.05, 0.1) is 0 Å². The zero-order chi connectivity index (χ0) is 17.9. The van der Waals surface area contributed by atoms with Gasteiger partial charge in [-0.15, -0.1) is 0 Å². The molecule has 3 amide bonds. The number of urea groups is 1. The molecular weight excluding hydrogens is 328 g/mol. The number of carbonyl (C=O) groups is 2. The van der Waals surface area contributed by atoms with Crippen LogP contribution >= 0.6 is 0 Å². The molecule has 0 aromatic heterocycles. The summed E-state index contributed by atoms with van der Waals surface area (Å²) in [6, 6.07) is 16.0. The molecule has 6 nitrogen and oxygen atoms in total. The predicted molar refractivity (Wildman–Crippen MR) is 101 cm³/mol. The summed E-state index contributed by atoms with van der Waals surface area (Å²) in [5.74, 6) is 1.24. The van der Waals surface area contributed by atoms with Crippen LogP contribution in [0.3, 0.4) is 0 Å². The summed E-state index contributed by atoms with van der Waals surface area (Å²) in [5.41, 5.74) is 2.04. The highest BCUT2D eigenvalue weighted by molar-refractivity contribution is 6.00. The van der Waals surface area contributed by atoms with Gasteiger partial charge in [-0.1, -0.05) is 18.2 Å². The van der Waals surface area contributed by atoms with Crippen LogP contribution in [-0.2, 0) is 0 Å². The van der Waals surface area contributed by atoms with Crippen LogP contribution in [-0.4, -0.2) is 43.0 Å². The largest absolute Gasteiger partial charge is 0.338 e. The van der Waals surface area contributed by atoms with E-state index < -0.39 is 0 Å². The summed E-state index contributed by atoms with van der Waals surface area (Å²) >= 11 is 0. The first-order valence-electron chi connectivity index (χ1n) is 8.92. The van der Waals surface area contributed by atoms with Crippen LogP contribution in [0, 0.1) is 11.8 Å². The number of nitrogens with one attached hydrogen (secondary N) is 3. The average Bonchev–Trinajstić information content (AvgIpc) is 3.24.